The van der Waals surface area contributed by atoms with Gasteiger partial charge < -0.3 is 4.74 Å². The van der Waals surface area contributed by atoms with Gasteiger partial charge in [0.15, 0.2) is 0 Å². The van der Waals surface area contributed by atoms with Crippen molar-refractivity contribution in [1.29, 1.82) is 0 Å². The molecule has 0 spiro atoms. The fourth-order valence-electron chi connectivity index (χ4n) is 2.56. The highest BCUT2D eigenvalue weighted by atomic mass is 35.5. The summed E-state index contributed by atoms with van der Waals surface area (Å²) in [7, 11) is 0. The van der Waals surface area contributed by atoms with Gasteiger partial charge in [0.2, 0.25) is 0 Å². The number of halogens is 2. The molecular formula is C14H17Cl2N5O. The number of tetrazole rings is 1. The average Bonchev–Trinajstić information content (AvgIpc) is 3.04. The van der Waals surface area contributed by atoms with Crippen molar-refractivity contribution < 1.29 is 4.74 Å². The van der Waals surface area contributed by atoms with E-state index in [1.807, 2.05) is 18.2 Å². The molecule has 0 N–H and O–H groups in total. The van der Waals surface area contributed by atoms with E-state index in [0.717, 1.165) is 44.8 Å². The SMILES string of the molecule is Clc1ccc([C@@H]2CN(CCCn3cnnn3)CCO2)cc1Cl. The molecule has 22 heavy (non-hydrogen) atoms. The number of aromatic nitrogens is 4. The number of benzene rings is 1. The monoisotopic (exact) mass is 341 g/mol. The van der Waals surface area contributed by atoms with E-state index in [-0.39, 0.29) is 6.10 Å². The first-order valence-electron chi connectivity index (χ1n) is 7.22. The lowest BCUT2D eigenvalue weighted by Crippen LogP contribution is -2.39. The summed E-state index contributed by atoms with van der Waals surface area (Å²) in [4.78, 5) is 2.39. The smallest absolute Gasteiger partial charge is 0.138 e. The first-order chi connectivity index (χ1) is 10.7. The molecule has 1 saturated heterocycles. The normalized spacial score (nSPS) is 19.5. The molecule has 0 aliphatic carbocycles. The summed E-state index contributed by atoms with van der Waals surface area (Å²) in [5.74, 6) is 0. The minimum atomic E-state index is 0.0385. The van der Waals surface area contributed by atoms with Crippen LogP contribution in [0.1, 0.15) is 18.1 Å². The van der Waals surface area contributed by atoms with E-state index >= 15 is 0 Å². The van der Waals surface area contributed by atoms with Crippen LogP contribution in [0.25, 0.3) is 0 Å². The Labute approximate surface area is 139 Å². The van der Waals surface area contributed by atoms with Gasteiger partial charge in [-0.3, -0.25) is 4.90 Å². The molecule has 8 heteroatoms. The molecule has 3 rings (SSSR count). The Morgan fingerprint density at radius 2 is 2.14 bits per heavy atom. The van der Waals surface area contributed by atoms with Gasteiger partial charge in [0, 0.05) is 26.2 Å². The van der Waals surface area contributed by atoms with Gasteiger partial charge in [-0.2, -0.15) is 0 Å². The lowest BCUT2D eigenvalue weighted by Gasteiger charge is -2.33. The van der Waals surface area contributed by atoms with E-state index in [1.165, 1.54) is 0 Å². The summed E-state index contributed by atoms with van der Waals surface area (Å²) in [6.45, 7) is 4.32. The average molecular weight is 342 g/mol. The van der Waals surface area contributed by atoms with E-state index in [4.69, 9.17) is 27.9 Å². The number of rotatable bonds is 5. The van der Waals surface area contributed by atoms with Crippen molar-refractivity contribution >= 4 is 23.2 Å². The molecule has 0 amide bonds. The molecule has 1 fully saturated rings. The van der Waals surface area contributed by atoms with E-state index in [2.05, 4.69) is 20.4 Å². The summed E-state index contributed by atoms with van der Waals surface area (Å²) in [6, 6.07) is 5.68. The van der Waals surface area contributed by atoms with Gasteiger partial charge in [-0.1, -0.05) is 29.3 Å². The molecular weight excluding hydrogens is 325 g/mol. The standard InChI is InChI=1S/C14H17Cl2N5O/c15-12-3-2-11(8-13(12)16)14-9-20(6-7-22-14)4-1-5-21-10-17-18-19-21/h2-3,8,10,14H,1,4-7,9H2/t14-/m0/s1. The van der Waals surface area contributed by atoms with Gasteiger partial charge in [-0.15, -0.1) is 5.10 Å². The third-order valence-corrected chi connectivity index (χ3v) is 4.46. The molecule has 1 atom stereocenters. The molecule has 0 radical (unpaired) electrons. The molecule has 0 saturated carbocycles. The number of nitrogens with zero attached hydrogens (tertiary/aromatic N) is 5. The lowest BCUT2D eigenvalue weighted by atomic mass is 10.1. The Bertz CT molecular complexity index is 607. The van der Waals surface area contributed by atoms with Crippen molar-refractivity contribution in [2.45, 2.75) is 19.1 Å². The van der Waals surface area contributed by atoms with Crippen molar-refractivity contribution in [2.24, 2.45) is 0 Å². The zero-order valence-electron chi connectivity index (χ0n) is 12.0. The van der Waals surface area contributed by atoms with Crippen LogP contribution in [0.4, 0.5) is 0 Å². The van der Waals surface area contributed by atoms with Gasteiger partial charge in [0.1, 0.15) is 6.33 Å². The lowest BCUT2D eigenvalue weighted by molar-refractivity contribution is -0.0305. The van der Waals surface area contributed by atoms with Gasteiger partial charge in [-0.05, 0) is 34.5 Å². The van der Waals surface area contributed by atoms with Crippen molar-refractivity contribution in [1.82, 2.24) is 25.1 Å². The number of hydrogen-bond donors (Lipinski definition) is 0. The third kappa shape index (κ3) is 3.95. The van der Waals surface area contributed by atoms with Crippen molar-refractivity contribution in [2.75, 3.05) is 26.2 Å². The highest BCUT2D eigenvalue weighted by Crippen LogP contribution is 2.29. The van der Waals surface area contributed by atoms with Crippen LogP contribution in [-0.4, -0.2) is 51.3 Å². The maximum Gasteiger partial charge on any atom is 0.138 e. The Kier molecular flexibility index (Phi) is 5.25. The number of aryl methyl sites for hydroxylation is 1. The second-order valence-corrected chi connectivity index (χ2v) is 6.07. The zero-order valence-corrected chi connectivity index (χ0v) is 13.5. The largest absolute Gasteiger partial charge is 0.371 e. The Morgan fingerprint density at radius 3 is 2.91 bits per heavy atom. The molecule has 1 aromatic heterocycles. The molecule has 2 aromatic rings. The zero-order chi connectivity index (χ0) is 15.4. The Balaban J connectivity index is 1.53. The van der Waals surface area contributed by atoms with Crippen molar-refractivity contribution in [3.63, 3.8) is 0 Å². The highest BCUT2D eigenvalue weighted by molar-refractivity contribution is 6.42. The Hall–Kier alpha value is -1.21. The number of morpholine rings is 1. The third-order valence-electron chi connectivity index (χ3n) is 3.72. The minimum absolute atomic E-state index is 0.0385. The van der Waals surface area contributed by atoms with E-state index in [0.29, 0.717) is 10.0 Å². The van der Waals surface area contributed by atoms with E-state index < -0.39 is 0 Å². The molecule has 0 bridgehead atoms. The van der Waals surface area contributed by atoms with Crippen LogP contribution in [0.2, 0.25) is 10.0 Å². The summed E-state index contributed by atoms with van der Waals surface area (Å²) >= 11 is 12.1. The minimum Gasteiger partial charge on any atom is -0.371 e. The molecule has 6 nitrogen and oxygen atoms in total. The molecule has 0 unspecified atom stereocenters. The number of ether oxygens (including phenoxy) is 1. The topological polar surface area (TPSA) is 56.1 Å². The fourth-order valence-corrected chi connectivity index (χ4v) is 2.87. The first kappa shape index (κ1) is 15.7. The summed E-state index contributed by atoms with van der Waals surface area (Å²) in [5.41, 5.74) is 1.07. The van der Waals surface area contributed by atoms with Crippen LogP contribution >= 0.6 is 23.2 Å². The quantitative estimate of drug-likeness (QED) is 0.835. The second kappa shape index (κ2) is 7.37. The molecule has 118 valence electrons. The molecule has 2 heterocycles. The second-order valence-electron chi connectivity index (χ2n) is 5.26. The van der Waals surface area contributed by atoms with Crippen LogP contribution < -0.4 is 0 Å². The van der Waals surface area contributed by atoms with Crippen LogP contribution in [-0.2, 0) is 11.3 Å². The molecule has 1 aliphatic rings. The van der Waals surface area contributed by atoms with Crippen molar-refractivity contribution in [3.8, 4) is 0 Å². The van der Waals surface area contributed by atoms with E-state index in [9.17, 15) is 0 Å². The van der Waals surface area contributed by atoms with Crippen LogP contribution in [0, 0.1) is 0 Å². The predicted molar refractivity (Wildman–Crippen MR) is 84.0 cm³/mol. The maximum absolute atomic E-state index is 6.09. The fraction of sp³-hybridized carbons (Fsp3) is 0.500. The highest BCUT2D eigenvalue weighted by Gasteiger charge is 2.22. The number of hydrogen-bond acceptors (Lipinski definition) is 5. The summed E-state index contributed by atoms with van der Waals surface area (Å²) in [5, 5.41) is 12.3. The van der Waals surface area contributed by atoms with Gasteiger partial charge >= 0.3 is 0 Å². The van der Waals surface area contributed by atoms with Crippen molar-refractivity contribution in [3.05, 3.63) is 40.1 Å². The van der Waals surface area contributed by atoms with E-state index in [1.54, 1.807) is 11.0 Å². The van der Waals surface area contributed by atoms with Crippen LogP contribution in [0.5, 0.6) is 0 Å². The predicted octanol–water partition coefficient (Wildman–Crippen LogP) is 2.44. The van der Waals surface area contributed by atoms with Gasteiger partial charge in [-0.25, -0.2) is 4.68 Å². The first-order valence-corrected chi connectivity index (χ1v) is 7.97. The molecule has 1 aliphatic heterocycles. The molecule has 1 aromatic carbocycles. The summed E-state index contributed by atoms with van der Waals surface area (Å²) < 4.78 is 7.61. The van der Waals surface area contributed by atoms with Gasteiger partial charge in [0.25, 0.3) is 0 Å². The maximum atomic E-state index is 6.09. The van der Waals surface area contributed by atoms with Crippen LogP contribution in [0.3, 0.4) is 0 Å². The van der Waals surface area contributed by atoms with Gasteiger partial charge in [0.05, 0.1) is 22.8 Å². The van der Waals surface area contributed by atoms with Crippen LogP contribution in [0.15, 0.2) is 24.5 Å². The summed E-state index contributed by atoms with van der Waals surface area (Å²) in [6.07, 6.45) is 2.67. The Morgan fingerprint density at radius 1 is 1.23 bits per heavy atom.